The third kappa shape index (κ3) is 4.43. The predicted molar refractivity (Wildman–Crippen MR) is 97.6 cm³/mol. The molecule has 1 aliphatic rings. The summed E-state index contributed by atoms with van der Waals surface area (Å²) in [6.45, 7) is 3.01. The van der Waals surface area contributed by atoms with Gasteiger partial charge in [0, 0.05) is 25.1 Å². The van der Waals surface area contributed by atoms with E-state index >= 15 is 0 Å². The maximum absolute atomic E-state index is 13.0. The van der Waals surface area contributed by atoms with Gasteiger partial charge in [-0.3, -0.25) is 9.59 Å². The molecule has 2 aromatic rings. The van der Waals surface area contributed by atoms with Gasteiger partial charge in [-0.15, -0.1) is 10.2 Å². The molecule has 1 saturated heterocycles. The molecule has 1 N–H and O–H groups in total. The van der Waals surface area contributed by atoms with Gasteiger partial charge in [0.1, 0.15) is 10.8 Å². The second-order valence-electron chi connectivity index (χ2n) is 6.34. The number of piperidine rings is 1. The Balaban J connectivity index is 1.60. The highest BCUT2D eigenvalue weighted by molar-refractivity contribution is 7.15. The molecule has 0 saturated carbocycles. The molecule has 0 bridgehead atoms. The second-order valence-corrected chi connectivity index (χ2v) is 7.40. The SMILES string of the molecule is CCCc1nnc(NC(=O)[C@@H]2CCCN(C(=O)c3ccc(F)cc3)C2)s1. The highest BCUT2D eigenvalue weighted by Crippen LogP contribution is 2.22. The van der Waals surface area contributed by atoms with E-state index in [-0.39, 0.29) is 23.5 Å². The van der Waals surface area contributed by atoms with Crippen molar-refractivity contribution in [2.75, 3.05) is 18.4 Å². The molecule has 0 unspecified atom stereocenters. The number of nitrogens with one attached hydrogen (secondary N) is 1. The Labute approximate surface area is 155 Å². The summed E-state index contributed by atoms with van der Waals surface area (Å²) >= 11 is 1.38. The van der Waals surface area contributed by atoms with Gasteiger partial charge in [0.05, 0.1) is 5.92 Å². The molecule has 3 rings (SSSR count). The highest BCUT2D eigenvalue weighted by Gasteiger charge is 2.29. The topological polar surface area (TPSA) is 75.2 Å². The second kappa shape index (κ2) is 8.35. The summed E-state index contributed by atoms with van der Waals surface area (Å²) in [5.41, 5.74) is 0.431. The van der Waals surface area contributed by atoms with Crippen molar-refractivity contribution in [3.63, 3.8) is 0 Å². The zero-order chi connectivity index (χ0) is 18.5. The zero-order valence-corrected chi connectivity index (χ0v) is 15.4. The van der Waals surface area contributed by atoms with Crippen LogP contribution in [0.1, 0.15) is 41.6 Å². The third-order valence-electron chi connectivity index (χ3n) is 4.33. The molecule has 138 valence electrons. The fourth-order valence-corrected chi connectivity index (χ4v) is 3.82. The van der Waals surface area contributed by atoms with E-state index in [1.165, 1.54) is 35.6 Å². The molecule has 0 radical (unpaired) electrons. The first-order valence-corrected chi connectivity index (χ1v) is 9.56. The lowest BCUT2D eigenvalue weighted by molar-refractivity contribution is -0.121. The first kappa shape index (κ1) is 18.4. The number of likely N-dealkylation sites (tertiary alicyclic amines) is 1. The number of hydrogen-bond donors (Lipinski definition) is 1. The minimum absolute atomic E-state index is 0.138. The fourth-order valence-electron chi connectivity index (χ4n) is 2.98. The van der Waals surface area contributed by atoms with Crippen LogP contribution >= 0.6 is 11.3 Å². The summed E-state index contributed by atoms with van der Waals surface area (Å²) in [5.74, 6) is -0.979. The number of amides is 2. The maximum atomic E-state index is 13.0. The van der Waals surface area contributed by atoms with E-state index in [0.717, 1.165) is 30.7 Å². The van der Waals surface area contributed by atoms with Crippen molar-refractivity contribution in [1.82, 2.24) is 15.1 Å². The third-order valence-corrected chi connectivity index (χ3v) is 5.23. The van der Waals surface area contributed by atoms with Gasteiger partial charge >= 0.3 is 0 Å². The number of hydrogen-bond acceptors (Lipinski definition) is 5. The van der Waals surface area contributed by atoms with Gasteiger partial charge in [-0.2, -0.15) is 0 Å². The summed E-state index contributed by atoms with van der Waals surface area (Å²) in [4.78, 5) is 26.7. The predicted octanol–water partition coefficient (Wildman–Crippen LogP) is 3.12. The Hall–Kier alpha value is -2.35. The molecule has 0 aliphatic carbocycles. The summed E-state index contributed by atoms with van der Waals surface area (Å²) < 4.78 is 13.0. The smallest absolute Gasteiger partial charge is 0.253 e. The summed E-state index contributed by atoms with van der Waals surface area (Å²) in [6, 6.07) is 5.48. The monoisotopic (exact) mass is 376 g/mol. The van der Waals surface area contributed by atoms with Crippen LogP contribution in [0.2, 0.25) is 0 Å². The lowest BCUT2D eigenvalue weighted by Crippen LogP contribution is -2.43. The molecule has 1 aromatic carbocycles. The quantitative estimate of drug-likeness (QED) is 0.870. The molecule has 26 heavy (non-hydrogen) atoms. The number of aromatic nitrogens is 2. The van der Waals surface area contributed by atoms with Crippen LogP contribution in [-0.4, -0.2) is 40.0 Å². The van der Waals surface area contributed by atoms with Crippen LogP contribution in [0.5, 0.6) is 0 Å². The lowest BCUT2D eigenvalue weighted by atomic mass is 9.96. The minimum atomic E-state index is -0.378. The molecule has 1 aliphatic heterocycles. The summed E-state index contributed by atoms with van der Waals surface area (Å²) in [7, 11) is 0. The van der Waals surface area contributed by atoms with E-state index in [1.807, 2.05) is 0 Å². The molecule has 2 heterocycles. The first-order valence-electron chi connectivity index (χ1n) is 8.75. The molecule has 1 fully saturated rings. The van der Waals surface area contributed by atoms with Crippen LogP contribution in [-0.2, 0) is 11.2 Å². The molecule has 8 heteroatoms. The van der Waals surface area contributed by atoms with Crippen LogP contribution in [0.4, 0.5) is 9.52 Å². The van der Waals surface area contributed by atoms with Crippen LogP contribution in [0.15, 0.2) is 24.3 Å². The fraction of sp³-hybridized carbons (Fsp3) is 0.444. The number of nitrogens with zero attached hydrogens (tertiary/aromatic N) is 3. The van der Waals surface area contributed by atoms with Crippen LogP contribution < -0.4 is 5.32 Å². The van der Waals surface area contributed by atoms with Gasteiger partial charge in [-0.1, -0.05) is 18.3 Å². The number of aryl methyl sites for hydroxylation is 1. The van der Waals surface area contributed by atoms with Gasteiger partial charge in [-0.05, 0) is 43.5 Å². The Morgan fingerprint density at radius 3 is 2.81 bits per heavy atom. The van der Waals surface area contributed by atoms with Gasteiger partial charge in [0.2, 0.25) is 11.0 Å². The van der Waals surface area contributed by atoms with Crippen molar-refractivity contribution in [2.24, 2.45) is 5.92 Å². The Kier molecular flexibility index (Phi) is 5.92. The lowest BCUT2D eigenvalue weighted by Gasteiger charge is -2.32. The van der Waals surface area contributed by atoms with E-state index < -0.39 is 0 Å². The van der Waals surface area contributed by atoms with E-state index in [0.29, 0.717) is 23.8 Å². The van der Waals surface area contributed by atoms with Gasteiger partial charge in [-0.25, -0.2) is 4.39 Å². The zero-order valence-electron chi connectivity index (χ0n) is 14.6. The normalized spacial score (nSPS) is 17.2. The van der Waals surface area contributed by atoms with Crippen molar-refractivity contribution >= 4 is 28.3 Å². The number of rotatable bonds is 5. The average molecular weight is 376 g/mol. The van der Waals surface area contributed by atoms with E-state index in [9.17, 15) is 14.0 Å². The summed E-state index contributed by atoms with van der Waals surface area (Å²) in [5, 5.41) is 12.3. The molecule has 2 amide bonds. The molecule has 0 spiro atoms. The highest BCUT2D eigenvalue weighted by atomic mass is 32.1. The number of anilines is 1. The molecular weight excluding hydrogens is 355 g/mol. The Morgan fingerprint density at radius 2 is 2.08 bits per heavy atom. The molecule has 1 atom stereocenters. The molecule has 1 aromatic heterocycles. The van der Waals surface area contributed by atoms with E-state index in [4.69, 9.17) is 0 Å². The van der Waals surface area contributed by atoms with Crippen LogP contribution in [0, 0.1) is 11.7 Å². The number of carbonyl (C=O) groups excluding carboxylic acids is 2. The summed E-state index contributed by atoms with van der Waals surface area (Å²) in [6.07, 6.45) is 3.30. The van der Waals surface area contributed by atoms with Gasteiger partial charge in [0.25, 0.3) is 5.91 Å². The van der Waals surface area contributed by atoms with Crippen molar-refractivity contribution in [3.8, 4) is 0 Å². The van der Waals surface area contributed by atoms with Gasteiger partial charge in [0.15, 0.2) is 0 Å². The molecule has 6 nitrogen and oxygen atoms in total. The van der Waals surface area contributed by atoms with Crippen molar-refractivity contribution in [1.29, 1.82) is 0 Å². The largest absolute Gasteiger partial charge is 0.338 e. The Bertz CT molecular complexity index is 778. The van der Waals surface area contributed by atoms with Crippen molar-refractivity contribution in [3.05, 3.63) is 40.7 Å². The number of carbonyl (C=O) groups is 2. The van der Waals surface area contributed by atoms with Crippen molar-refractivity contribution in [2.45, 2.75) is 32.6 Å². The standard InChI is InChI=1S/C18H21FN4O2S/c1-2-4-15-21-22-18(26-15)20-16(24)13-5-3-10-23(11-13)17(25)12-6-8-14(19)9-7-12/h6-9,13H,2-5,10-11H2,1H3,(H,20,22,24)/t13-/m1/s1. The average Bonchev–Trinajstić information content (AvgIpc) is 3.09. The van der Waals surface area contributed by atoms with Crippen molar-refractivity contribution < 1.29 is 14.0 Å². The number of halogens is 1. The first-order chi connectivity index (χ1) is 12.6. The maximum Gasteiger partial charge on any atom is 0.253 e. The van der Waals surface area contributed by atoms with E-state index in [2.05, 4.69) is 22.4 Å². The van der Waals surface area contributed by atoms with Crippen LogP contribution in [0.25, 0.3) is 0 Å². The Morgan fingerprint density at radius 1 is 1.31 bits per heavy atom. The van der Waals surface area contributed by atoms with Crippen LogP contribution in [0.3, 0.4) is 0 Å². The molecular formula is C18H21FN4O2S. The van der Waals surface area contributed by atoms with E-state index in [1.54, 1.807) is 4.90 Å². The van der Waals surface area contributed by atoms with Gasteiger partial charge < -0.3 is 10.2 Å². The number of benzene rings is 1. The minimum Gasteiger partial charge on any atom is -0.338 e.